The molecular weight excluding hydrogens is 452 g/mol. The summed E-state index contributed by atoms with van der Waals surface area (Å²) in [5.74, 6) is -1.63. The van der Waals surface area contributed by atoms with E-state index in [0.29, 0.717) is 0 Å². The predicted molar refractivity (Wildman–Crippen MR) is 132 cm³/mol. The number of H-pyrrole nitrogens is 1. The van der Waals surface area contributed by atoms with E-state index in [1.165, 1.54) is 13.2 Å². The molecule has 0 unspecified atom stereocenters. The smallest absolute Gasteiger partial charge is 0.331 e. The molecule has 0 spiro atoms. The lowest BCUT2D eigenvalue weighted by Crippen LogP contribution is -2.44. The number of aromatic nitrogens is 2. The van der Waals surface area contributed by atoms with Crippen molar-refractivity contribution >= 4 is 29.5 Å². The third kappa shape index (κ3) is 6.78. The molecule has 0 aliphatic heterocycles. The maximum Gasteiger partial charge on any atom is 0.331 e. The minimum Gasteiger partial charge on any atom is -0.452 e. The van der Waals surface area contributed by atoms with Crippen LogP contribution in [0.5, 0.6) is 0 Å². The average molecular weight is 479 g/mol. The van der Waals surface area contributed by atoms with Gasteiger partial charge in [-0.1, -0.05) is 60.7 Å². The first kappa shape index (κ1) is 25.2. The van der Waals surface area contributed by atoms with Gasteiger partial charge in [0.15, 0.2) is 12.3 Å². The molecule has 0 saturated carbocycles. The molecule has 2 aromatic carbocycles. The number of nitrogens with two attached hydrogens (primary N) is 1. The normalized spacial score (nSPS) is 10.9. The lowest BCUT2D eigenvalue weighted by molar-refractivity contribution is -0.142. The number of nitrogens with zero attached hydrogens (tertiary/aromatic N) is 2. The van der Waals surface area contributed by atoms with Gasteiger partial charge in [-0.05, 0) is 17.2 Å². The van der Waals surface area contributed by atoms with Crippen LogP contribution in [0.25, 0.3) is 6.08 Å². The molecule has 0 radical (unpaired) electrons. The van der Waals surface area contributed by atoms with Gasteiger partial charge in [0.1, 0.15) is 5.82 Å². The Morgan fingerprint density at radius 2 is 1.71 bits per heavy atom. The Morgan fingerprint density at radius 1 is 1.06 bits per heavy atom. The molecule has 0 aliphatic carbocycles. The van der Waals surface area contributed by atoms with Crippen LogP contribution in [0.2, 0.25) is 0 Å². The number of carbonyl (C=O) groups excluding carboxylic acids is 2. The molecule has 1 heterocycles. The maximum absolute atomic E-state index is 13.0. The van der Waals surface area contributed by atoms with Gasteiger partial charge in [-0.3, -0.25) is 24.0 Å². The molecule has 0 atom stereocenters. The number of nitrogen functional groups attached to an aromatic ring is 1. The van der Waals surface area contributed by atoms with Crippen molar-refractivity contribution in [3.8, 4) is 0 Å². The molecule has 3 N–H and O–H groups in total. The Morgan fingerprint density at radius 3 is 2.37 bits per heavy atom. The summed E-state index contributed by atoms with van der Waals surface area (Å²) < 4.78 is 11.3. The van der Waals surface area contributed by atoms with E-state index < -0.39 is 29.7 Å². The van der Waals surface area contributed by atoms with E-state index in [1.807, 2.05) is 24.3 Å². The summed E-state index contributed by atoms with van der Waals surface area (Å²) in [4.78, 5) is 53.4. The molecule has 1 amide bonds. The van der Waals surface area contributed by atoms with E-state index in [0.717, 1.165) is 20.6 Å². The molecule has 0 bridgehead atoms. The fourth-order valence-electron chi connectivity index (χ4n) is 3.29. The molecule has 0 fully saturated rings. The van der Waals surface area contributed by atoms with E-state index in [4.69, 9.17) is 15.2 Å². The number of methoxy groups -OCH3 is 1. The van der Waals surface area contributed by atoms with E-state index in [2.05, 4.69) is 4.98 Å². The maximum atomic E-state index is 13.0. The zero-order valence-corrected chi connectivity index (χ0v) is 19.2. The Labute approximate surface area is 201 Å². The minimum atomic E-state index is -0.837. The fraction of sp³-hybridized carbons (Fsp3) is 0.200. The molecule has 10 heteroatoms. The SMILES string of the molecule is COCCN(C(=O)COC(=O)C=Cc1ccccc1)c1c(N)n(Cc2ccccc2)c(=O)[nH]c1=O. The molecule has 182 valence electrons. The van der Waals surface area contributed by atoms with Crippen LogP contribution in [0.4, 0.5) is 11.5 Å². The zero-order valence-electron chi connectivity index (χ0n) is 19.2. The van der Waals surface area contributed by atoms with Crippen LogP contribution in [0.15, 0.2) is 76.3 Å². The van der Waals surface area contributed by atoms with Gasteiger partial charge in [0.2, 0.25) is 0 Å². The summed E-state index contributed by atoms with van der Waals surface area (Å²) >= 11 is 0. The lowest BCUT2D eigenvalue weighted by atomic mass is 10.2. The molecule has 0 saturated heterocycles. The van der Waals surface area contributed by atoms with Crippen LogP contribution >= 0.6 is 0 Å². The number of rotatable bonds is 10. The summed E-state index contributed by atoms with van der Waals surface area (Å²) in [5, 5.41) is 0. The highest BCUT2D eigenvalue weighted by Crippen LogP contribution is 2.18. The third-order valence-corrected chi connectivity index (χ3v) is 5.04. The van der Waals surface area contributed by atoms with Gasteiger partial charge in [0, 0.05) is 19.7 Å². The van der Waals surface area contributed by atoms with Gasteiger partial charge in [-0.2, -0.15) is 0 Å². The van der Waals surface area contributed by atoms with E-state index in [1.54, 1.807) is 42.5 Å². The average Bonchev–Trinajstić information content (AvgIpc) is 2.87. The van der Waals surface area contributed by atoms with E-state index >= 15 is 0 Å². The minimum absolute atomic E-state index is 0.0520. The third-order valence-electron chi connectivity index (χ3n) is 5.04. The quantitative estimate of drug-likeness (QED) is 0.332. The second-order valence-electron chi connectivity index (χ2n) is 7.45. The molecule has 1 aromatic heterocycles. The van der Waals surface area contributed by atoms with Crippen LogP contribution in [0.1, 0.15) is 11.1 Å². The standard InChI is InChI=1S/C25H26N4O6/c1-34-15-14-28(20(30)17-35-21(31)13-12-18-8-4-2-5-9-18)22-23(26)29(25(33)27-24(22)32)16-19-10-6-3-7-11-19/h2-13H,14-17,26H2,1H3,(H,27,32,33). The number of anilines is 2. The summed E-state index contributed by atoms with van der Waals surface area (Å²) in [6.45, 7) is -0.535. The lowest BCUT2D eigenvalue weighted by Gasteiger charge is -2.24. The number of hydrogen-bond donors (Lipinski definition) is 2. The number of hydrogen-bond acceptors (Lipinski definition) is 7. The number of benzene rings is 2. The Balaban J connectivity index is 1.82. The van der Waals surface area contributed by atoms with Gasteiger partial charge in [-0.25, -0.2) is 9.59 Å². The van der Waals surface area contributed by atoms with Crippen molar-refractivity contribution in [3.63, 3.8) is 0 Å². The molecule has 3 aromatic rings. The van der Waals surface area contributed by atoms with Crippen molar-refractivity contribution in [3.05, 3.63) is 98.7 Å². The van der Waals surface area contributed by atoms with Gasteiger partial charge in [0.25, 0.3) is 11.5 Å². The molecule has 10 nitrogen and oxygen atoms in total. The predicted octanol–water partition coefficient (Wildman–Crippen LogP) is 1.40. The van der Waals surface area contributed by atoms with Gasteiger partial charge < -0.3 is 15.2 Å². The molecule has 35 heavy (non-hydrogen) atoms. The summed E-state index contributed by atoms with van der Waals surface area (Å²) in [6, 6.07) is 18.1. The van der Waals surface area contributed by atoms with Crippen molar-refractivity contribution in [1.82, 2.24) is 9.55 Å². The van der Waals surface area contributed by atoms with Crippen LogP contribution in [0, 0.1) is 0 Å². The first-order valence-electron chi connectivity index (χ1n) is 10.8. The van der Waals surface area contributed by atoms with Crippen molar-refractivity contribution < 1.29 is 19.1 Å². The van der Waals surface area contributed by atoms with Gasteiger partial charge in [-0.15, -0.1) is 0 Å². The van der Waals surface area contributed by atoms with Crippen LogP contribution in [-0.4, -0.2) is 48.3 Å². The van der Waals surface area contributed by atoms with E-state index in [9.17, 15) is 19.2 Å². The summed E-state index contributed by atoms with van der Waals surface area (Å²) in [7, 11) is 1.43. The van der Waals surface area contributed by atoms with Gasteiger partial charge >= 0.3 is 11.7 Å². The number of aromatic amines is 1. The van der Waals surface area contributed by atoms with Crippen molar-refractivity contribution in [1.29, 1.82) is 0 Å². The monoisotopic (exact) mass is 478 g/mol. The Hall–Kier alpha value is -4.44. The summed E-state index contributed by atoms with van der Waals surface area (Å²) in [6.07, 6.45) is 2.75. The largest absolute Gasteiger partial charge is 0.452 e. The highest BCUT2D eigenvalue weighted by Gasteiger charge is 2.25. The van der Waals surface area contributed by atoms with Crippen LogP contribution < -0.4 is 21.9 Å². The number of amides is 1. The fourth-order valence-corrected chi connectivity index (χ4v) is 3.29. The van der Waals surface area contributed by atoms with Crippen molar-refractivity contribution in [2.45, 2.75) is 6.54 Å². The second kappa shape index (κ2) is 12.1. The zero-order chi connectivity index (χ0) is 25.2. The number of ether oxygens (including phenoxy) is 2. The molecular formula is C25H26N4O6. The first-order valence-corrected chi connectivity index (χ1v) is 10.8. The van der Waals surface area contributed by atoms with Crippen LogP contribution in [0.3, 0.4) is 0 Å². The topological polar surface area (TPSA) is 137 Å². The van der Waals surface area contributed by atoms with Crippen LogP contribution in [-0.2, 0) is 25.6 Å². The van der Waals surface area contributed by atoms with Crippen molar-refractivity contribution in [2.75, 3.05) is 37.5 Å². The Bertz CT molecular complexity index is 1300. The number of nitrogens with one attached hydrogen (secondary N) is 1. The summed E-state index contributed by atoms with van der Waals surface area (Å²) in [5.41, 5.74) is 5.99. The van der Waals surface area contributed by atoms with Crippen molar-refractivity contribution in [2.24, 2.45) is 0 Å². The first-order chi connectivity index (χ1) is 16.9. The highest BCUT2D eigenvalue weighted by atomic mass is 16.5. The Kier molecular flexibility index (Phi) is 8.74. The molecule has 0 aliphatic rings. The second-order valence-corrected chi connectivity index (χ2v) is 7.45. The number of carbonyl (C=O) groups is 2. The number of esters is 1. The van der Waals surface area contributed by atoms with E-state index in [-0.39, 0.29) is 31.2 Å². The molecule has 3 rings (SSSR count). The van der Waals surface area contributed by atoms with Gasteiger partial charge in [0.05, 0.1) is 13.2 Å². The highest BCUT2D eigenvalue weighted by molar-refractivity contribution is 5.98.